The second-order valence-electron chi connectivity index (χ2n) is 9.37. The Balaban J connectivity index is 1.61. The first-order valence-corrected chi connectivity index (χ1v) is 13.4. The minimum Gasteiger partial charge on any atom is -0.496 e. The molecule has 200 valence electrons. The first-order chi connectivity index (χ1) is 19.0. The smallest absolute Gasteiger partial charge is 0.243 e. The third-order valence-corrected chi connectivity index (χ3v) is 6.91. The normalized spacial score (nSPS) is 11.4. The third kappa shape index (κ3) is 8.20. The van der Waals surface area contributed by atoms with E-state index in [-0.39, 0.29) is 11.8 Å². The second kappa shape index (κ2) is 14.2. The van der Waals surface area contributed by atoms with Crippen LogP contribution in [0.3, 0.4) is 0 Å². The van der Waals surface area contributed by atoms with Crippen LogP contribution in [0, 0.1) is 0 Å². The van der Waals surface area contributed by atoms with E-state index in [4.69, 9.17) is 16.3 Å². The third-order valence-electron chi connectivity index (χ3n) is 6.65. The van der Waals surface area contributed by atoms with E-state index in [2.05, 4.69) is 5.32 Å². The predicted octanol–water partition coefficient (Wildman–Crippen LogP) is 6.24. The molecule has 5 nitrogen and oxygen atoms in total. The van der Waals surface area contributed by atoms with Gasteiger partial charge in [0.05, 0.1) is 7.11 Å². The van der Waals surface area contributed by atoms with Gasteiger partial charge in [-0.2, -0.15) is 0 Å². The average molecular weight is 541 g/mol. The van der Waals surface area contributed by atoms with E-state index >= 15 is 0 Å². The van der Waals surface area contributed by atoms with Crippen LogP contribution in [0.25, 0.3) is 0 Å². The molecule has 0 aliphatic carbocycles. The monoisotopic (exact) mass is 540 g/mol. The molecule has 39 heavy (non-hydrogen) atoms. The van der Waals surface area contributed by atoms with Crippen molar-refractivity contribution in [3.05, 3.63) is 136 Å². The Bertz CT molecular complexity index is 1340. The molecule has 0 aliphatic rings. The Hall–Kier alpha value is -4.09. The molecule has 0 radical (unpaired) electrons. The van der Waals surface area contributed by atoms with Crippen LogP contribution in [-0.2, 0) is 35.5 Å². The van der Waals surface area contributed by atoms with E-state index < -0.39 is 6.04 Å². The van der Waals surface area contributed by atoms with Gasteiger partial charge in [0.1, 0.15) is 11.8 Å². The van der Waals surface area contributed by atoms with Gasteiger partial charge in [-0.1, -0.05) is 103 Å². The van der Waals surface area contributed by atoms with Crippen LogP contribution < -0.4 is 10.1 Å². The number of para-hydroxylation sites is 1. The van der Waals surface area contributed by atoms with Crippen molar-refractivity contribution in [3.63, 3.8) is 0 Å². The molecule has 2 amide bonds. The molecule has 0 fully saturated rings. The van der Waals surface area contributed by atoms with Crippen LogP contribution >= 0.6 is 11.6 Å². The number of halogens is 1. The maximum absolute atomic E-state index is 13.8. The molecule has 0 aromatic heterocycles. The van der Waals surface area contributed by atoms with Crippen LogP contribution in [0.2, 0.25) is 5.02 Å². The zero-order valence-electron chi connectivity index (χ0n) is 22.1. The molecule has 4 aromatic carbocycles. The van der Waals surface area contributed by atoms with Gasteiger partial charge in [0, 0.05) is 36.5 Å². The standard InChI is InChI=1S/C33H33ClN2O3/c1-39-31-15-9-8-14-28(31)23-35-33(38)30(22-26-12-6-3-7-13-26)36(24-27-16-19-29(34)20-17-27)32(37)21-18-25-10-4-2-5-11-25/h2-17,19-20,30H,18,21-24H2,1H3,(H,35,38)/t30-/m1/s1. The van der Waals surface area contributed by atoms with Crippen molar-refractivity contribution in [1.29, 1.82) is 0 Å². The van der Waals surface area contributed by atoms with E-state index in [1.54, 1.807) is 24.1 Å². The number of nitrogens with one attached hydrogen (secondary N) is 1. The highest BCUT2D eigenvalue weighted by Gasteiger charge is 2.30. The largest absolute Gasteiger partial charge is 0.496 e. The molecule has 1 N–H and O–H groups in total. The minimum atomic E-state index is -0.707. The van der Waals surface area contributed by atoms with Crippen LogP contribution in [0.5, 0.6) is 5.75 Å². The topological polar surface area (TPSA) is 58.6 Å². The van der Waals surface area contributed by atoms with Gasteiger partial charge >= 0.3 is 0 Å². The van der Waals surface area contributed by atoms with E-state index in [0.29, 0.717) is 43.1 Å². The molecule has 0 heterocycles. The van der Waals surface area contributed by atoms with Gasteiger partial charge in [-0.05, 0) is 41.3 Å². The molecular weight excluding hydrogens is 508 g/mol. The number of carbonyl (C=O) groups is 2. The highest BCUT2D eigenvalue weighted by Crippen LogP contribution is 2.20. The fraction of sp³-hybridized carbons (Fsp3) is 0.212. The molecule has 0 unspecified atom stereocenters. The zero-order valence-corrected chi connectivity index (χ0v) is 22.8. The SMILES string of the molecule is COc1ccccc1CNC(=O)[C@@H](Cc1ccccc1)N(Cc1ccc(Cl)cc1)C(=O)CCc1ccccc1. The first-order valence-electron chi connectivity index (χ1n) is 13.0. The van der Waals surface area contributed by atoms with Gasteiger partial charge in [0.25, 0.3) is 0 Å². The summed E-state index contributed by atoms with van der Waals surface area (Å²) in [5, 5.41) is 3.69. The Morgan fingerprint density at radius 1 is 0.795 bits per heavy atom. The van der Waals surface area contributed by atoms with Crippen molar-refractivity contribution >= 4 is 23.4 Å². The highest BCUT2D eigenvalue weighted by molar-refractivity contribution is 6.30. The number of amides is 2. The number of hydrogen-bond acceptors (Lipinski definition) is 3. The summed E-state index contributed by atoms with van der Waals surface area (Å²) in [4.78, 5) is 29.3. The lowest BCUT2D eigenvalue weighted by molar-refractivity contribution is -0.141. The quantitative estimate of drug-likeness (QED) is 0.231. The Morgan fingerprint density at radius 3 is 2.08 bits per heavy atom. The number of hydrogen-bond donors (Lipinski definition) is 1. The lowest BCUT2D eigenvalue weighted by Crippen LogP contribution is -2.50. The highest BCUT2D eigenvalue weighted by atomic mass is 35.5. The lowest BCUT2D eigenvalue weighted by atomic mass is 10.0. The number of rotatable bonds is 12. The summed E-state index contributed by atoms with van der Waals surface area (Å²) in [5.74, 6) is 0.406. The second-order valence-corrected chi connectivity index (χ2v) is 9.81. The molecular formula is C33H33ClN2O3. The summed E-state index contributed by atoms with van der Waals surface area (Å²) < 4.78 is 5.46. The summed E-state index contributed by atoms with van der Waals surface area (Å²) in [7, 11) is 1.61. The first kappa shape index (κ1) is 27.9. The van der Waals surface area contributed by atoms with Crippen molar-refractivity contribution in [2.75, 3.05) is 7.11 Å². The van der Waals surface area contributed by atoms with E-state index in [9.17, 15) is 9.59 Å². The van der Waals surface area contributed by atoms with E-state index in [1.807, 2.05) is 97.1 Å². The zero-order chi connectivity index (χ0) is 27.5. The number of ether oxygens (including phenoxy) is 1. The predicted molar refractivity (Wildman–Crippen MR) is 156 cm³/mol. The van der Waals surface area contributed by atoms with Crippen LogP contribution in [-0.4, -0.2) is 29.9 Å². The summed E-state index contributed by atoms with van der Waals surface area (Å²) in [6, 6.07) is 34.0. The summed E-state index contributed by atoms with van der Waals surface area (Å²) in [6.07, 6.45) is 1.28. The molecule has 0 spiro atoms. The maximum atomic E-state index is 13.8. The fourth-order valence-electron chi connectivity index (χ4n) is 4.53. The van der Waals surface area contributed by atoms with Gasteiger partial charge in [-0.15, -0.1) is 0 Å². The number of carbonyl (C=O) groups excluding carboxylic acids is 2. The van der Waals surface area contributed by atoms with Gasteiger partial charge in [-0.3, -0.25) is 9.59 Å². The Labute approximate surface area is 235 Å². The molecule has 4 rings (SSSR count). The van der Waals surface area contributed by atoms with Gasteiger partial charge in [0.15, 0.2) is 0 Å². The maximum Gasteiger partial charge on any atom is 0.243 e. The van der Waals surface area contributed by atoms with Crippen molar-refractivity contribution in [1.82, 2.24) is 10.2 Å². The molecule has 0 saturated heterocycles. The van der Waals surface area contributed by atoms with Crippen molar-refractivity contribution < 1.29 is 14.3 Å². The lowest BCUT2D eigenvalue weighted by Gasteiger charge is -2.32. The Morgan fingerprint density at radius 2 is 1.41 bits per heavy atom. The van der Waals surface area contributed by atoms with Gasteiger partial charge in [0.2, 0.25) is 11.8 Å². The van der Waals surface area contributed by atoms with Crippen LogP contribution in [0.4, 0.5) is 0 Å². The summed E-state index contributed by atoms with van der Waals surface area (Å²) >= 11 is 6.12. The molecule has 1 atom stereocenters. The van der Waals surface area contributed by atoms with Crippen molar-refractivity contribution in [3.8, 4) is 5.75 Å². The van der Waals surface area contributed by atoms with Crippen LogP contribution in [0.15, 0.2) is 109 Å². The molecule has 4 aromatic rings. The number of nitrogens with zero attached hydrogens (tertiary/aromatic N) is 1. The molecule has 0 bridgehead atoms. The van der Waals surface area contributed by atoms with Gasteiger partial charge < -0.3 is 15.0 Å². The molecule has 0 aliphatic heterocycles. The summed E-state index contributed by atoms with van der Waals surface area (Å²) in [5.41, 5.74) is 3.83. The average Bonchev–Trinajstić information content (AvgIpc) is 2.98. The minimum absolute atomic E-state index is 0.0813. The number of benzene rings is 4. The molecule has 0 saturated carbocycles. The van der Waals surface area contributed by atoms with E-state index in [0.717, 1.165) is 22.3 Å². The number of aryl methyl sites for hydroxylation is 1. The van der Waals surface area contributed by atoms with E-state index in [1.165, 1.54) is 0 Å². The molecule has 6 heteroatoms. The van der Waals surface area contributed by atoms with Crippen molar-refractivity contribution in [2.45, 2.75) is 38.4 Å². The van der Waals surface area contributed by atoms with Gasteiger partial charge in [-0.25, -0.2) is 0 Å². The Kier molecular flexibility index (Phi) is 10.1. The number of methoxy groups -OCH3 is 1. The van der Waals surface area contributed by atoms with Crippen LogP contribution in [0.1, 0.15) is 28.7 Å². The summed E-state index contributed by atoms with van der Waals surface area (Å²) in [6.45, 7) is 0.589. The van der Waals surface area contributed by atoms with Crippen molar-refractivity contribution in [2.24, 2.45) is 0 Å². The fourth-order valence-corrected chi connectivity index (χ4v) is 4.66.